The molecule has 2 aromatic heterocycles. The zero-order chi connectivity index (χ0) is 13.2. The first kappa shape index (κ1) is 11.7. The minimum absolute atomic E-state index is 0.644. The predicted octanol–water partition coefficient (Wildman–Crippen LogP) is 3.33. The van der Waals surface area contributed by atoms with E-state index in [1.54, 1.807) is 6.20 Å². The van der Waals surface area contributed by atoms with Crippen LogP contribution in [0.3, 0.4) is 0 Å². The maximum atomic E-state index is 5.38. The summed E-state index contributed by atoms with van der Waals surface area (Å²) in [4.78, 5) is 12.2. The van der Waals surface area contributed by atoms with E-state index >= 15 is 0 Å². The minimum atomic E-state index is 0.644. The number of hydrogen-bond acceptors (Lipinski definition) is 3. The van der Waals surface area contributed by atoms with Crippen LogP contribution in [0.1, 0.15) is 12.5 Å². The summed E-state index contributed by atoms with van der Waals surface area (Å²) >= 11 is 0. The fourth-order valence-electron chi connectivity index (χ4n) is 2.02. The van der Waals surface area contributed by atoms with Crippen LogP contribution in [0.5, 0.6) is 5.75 Å². The van der Waals surface area contributed by atoms with Crippen LogP contribution in [-0.4, -0.2) is 21.6 Å². The molecule has 96 valence electrons. The molecule has 0 unspecified atom stereocenters. The van der Waals surface area contributed by atoms with Crippen molar-refractivity contribution in [2.45, 2.75) is 13.8 Å². The molecule has 0 saturated carbocycles. The monoisotopic (exact) mass is 253 g/mol. The molecule has 0 aliphatic heterocycles. The van der Waals surface area contributed by atoms with E-state index in [1.807, 2.05) is 25.1 Å². The second-order valence-electron chi connectivity index (χ2n) is 4.42. The average molecular weight is 253 g/mol. The van der Waals surface area contributed by atoms with E-state index in [9.17, 15) is 0 Å². The van der Waals surface area contributed by atoms with Crippen molar-refractivity contribution in [1.82, 2.24) is 15.0 Å². The molecular weight excluding hydrogens is 238 g/mol. The fourth-order valence-corrected chi connectivity index (χ4v) is 2.02. The van der Waals surface area contributed by atoms with Gasteiger partial charge in [0.05, 0.1) is 23.8 Å². The minimum Gasteiger partial charge on any atom is -0.492 e. The number of aromatic amines is 1. The number of pyridine rings is 1. The van der Waals surface area contributed by atoms with Crippen LogP contribution in [0.2, 0.25) is 0 Å². The van der Waals surface area contributed by atoms with Gasteiger partial charge in [-0.15, -0.1) is 0 Å². The van der Waals surface area contributed by atoms with Crippen LogP contribution in [0.25, 0.3) is 22.6 Å². The van der Waals surface area contributed by atoms with E-state index in [2.05, 4.69) is 34.0 Å². The van der Waals surface area contributed by atoms with Crippen molar-refractivity contribution < 1.29 is 4.74 Å². The van der Waals surface area contributed by atoms with Crippen molar-refractivity contribution in [3.05, 3.63) is 42.1 Å². The first-order chi connectivity index (χ1) is 9.26. The van der Waals surface area contributed by atoms with E-state index in [0.29, 0.717) is 6.61 Å². The largest absolute Gasteiger partial charge is 0.492 e. The van der Waals surface area contributed by atoms with Gasteiger partial charge in [-0.05, 0) is 43.7 Å². The Morgan fingerprint density at radius 1 is 1.21 bits per heavy atom. The van der Waals surface area contributed by atoms with Crippen LogP contribution in [0, 0.1) is 6.92 Å². The van der Waals surface area contributed by atoms with Gasteiger partial charge in [-0.1, -0.05) is 6.07 Å². The van der Waals surface area contributed by atoms with Crippen LogP contribution in [-0.2, 0) is 0 Å². The zero-order valence-corrected chi connectivity index (χ0v) is 11.0. The van der Waals surface area contributed by atoms with Crippen LogP contribution < -0.4 is 4.74 Å². The molecule has 3 rings (SSSR count). The third-order valence-electron chi connectivity index (χ3n) is 2.93. The highest BCUT2D eigenvalue weighted by Crippen LogP contribution is 2.21. The third-order valence-corrected chi connectivity index (χ3v) is 2.93. The molecule has 0 atom stereocenters. The van der Waals surface area contributed by atoms with Gasteiger partial charge in [0.2, 0.25) is 0 Å². The molecule has 0 aliphatic carbocycles. The molecule has 0 fully saturated rings. The summed E-state index contributed by atoms with van der Waals surface area (Å²) in [6, 6.07) is 9.97. The quantitative estimate of drug-likeness (QED) is 0.779. The molecule has 4 nitrogen and oxygen atoms in total. The number of H-pyrrole nitrogens is 1. The van der Waals surface area contributed by atoms with Crippen molar-refractivity contribution in [2.75, 3.05) is 6.61 Å². The fraction of sp³-hybridized carbons (Fsp3) is 0.200. The highest BCUT2D eigenvalue weighted by Gasteiger charge is 2.06. The van der Waals surface area contributed by atoms with Gasteiger partial charge < -0.3 is 9.72 Å². The van der Waals surface area contributed by atoms with Gasteiger partial charge in [0.1, 0.15) is 11.4 Å². The maximum absolute atomic E-state index is 5.38. The first-order valence-electron chi connectivity index (χ1n) is 6.32. The Labute approximate surface area is 111 Å². The van der Waals surface area contributed by atoms with Gasteiger partial charge >= 0.3 is 0 Å². The third kappa shape index (κ3) is 2.29. The average Bonchev–Trinajstić information content (AvgIpc) is 2.83. The number of fused-ring (bicyclic) bond motifs is 1. The number of aromatic nitrogens is 3. The molecule has 0 amide bonds. The van der Waals surface area contributed by atoms with E-state index in [4.69, 9.17) is 4.74 Å². The van der Waals surface area contributed by atoms with E-state index in [0.717, 1.165) is 28.3 Å². The van der Waals surface area contributed by atoms with Crippen LogP contribution in [0.15, 0.2) is 36.5 Å². The van der Waals surface area contributed by atoms with Gasteiger partial charge in [0.15, 0.2) is 5.82 Å². The van der Waals surface area contributed by atoms with Gasteiger partial charge in [-0.25, -0.2) is 9.97 Å². The zero-order valence-electron chi connectivity index (χ0n) is 11.0. The summed E-state index contributed by atoms with van der Waals surface area (Å²) in [6.07, 6.45) is 1.72. The maximum Gasteiger partial charge on any atom is 0.157 e. The highest BCUT2D eigenvalue weighted by atomic mass is 16.5. The van der Waals surface area contributed by atoms with E-state index in [-0.39, 0.29) is 0 Å². The molecular formula is C15H15N3O. The Kier molecular flexibility index (Phi) is 2.91. The summed E-state index contributed by atoms with van der Waals surface area (Å²) in [7, 11) is 0. The summed E-state index contributed by atoms with van der Waals surface area (Å²) in [6.45, 7) is 4.66. The molecule has 2 heterocycles. The van der Waals surface area contributed by atoms with Gasteiger partial charge in [-0.3, -0.25) is 0 Å². The van der Waals surface area contributed by atoms with E-state index < -0.39 is 0 Å². The lowest BCUT2D eigenvalue weighted by atomic mass is 10.2. The second kappa shape index (κ2) is 4.72. The van der Waals surface area contributed by atoms with Crippen molar-refractivity contribution >= 4 is 11.0 Å². The Morgan fingerprint density at radius 2 is 2.11 bits per heavy atom. The number of hydrogen-bond donors (Lipinski definition) is 1. The lowest BCUT2D eigenvalue weighted by Gasteiger charge is -2.02. The van der Waals surface area contributed by atoms with Crippen molar-refractivity contribution in [2.24, 2.45) is 0 Å². The molecule has 0 bridgehead atoms. The molecule has 0 spiro atoms. The number of nitrogens with one attached hydrogen (secondary N) is 1. The normalized spacial score (nSPS) is 10.8. The molecule has 3 aromatic rings. The number of rotatable bonds is 3. The van der Waals surface area contributed by atoms with Gasteiger partial charge in [0.25, 0.3) is 0 Å². The Morgan fingerprint density at radius 3 is 2.84 bits per heavy atom. The van der Waals surface area contributed by atoms with Crippen LogP contribution >= 0.6 is 0 Å². The summed E-state index contributed by atoms with van der Waals surface area (Å²) < 4.78 is 5.38. The van der Waals surface area contributed by atoms with Crippen molar-refractivity contribution in [3.63, 3.8) is 0 Å². The number of benzene rings is 1. The molecule has 0 aliphatic rings. The Balaban J connectivity index is 1.99. The number of nitrogens with zero attached hydrogens (tertiary/aromatic N) is 2. The highest BCUT2D eigenvalue weighted by molar-refractivity contribution is 5.79. The van der Waals surface area contributed by atoms with Crippen LogP contribution in [0.4, 0.5) is 0 Å². The molecule has 19 heavy (non-hydrogen) atoms. The molecule has 1 N–H and O–H groups in total. The molecule has 0 radical (unpaired) electrons. The molecule has 4 heteroatoms. The van der Waals surface area contributed by atoms with Gasteiger partial charge in [-0.2, -0.15) is 0 Å². The number of ether oxygens (including phenoxy) is 1. The topological polar surface area (TPSA) is 50.8 Å². The SMILES string of the molecule is CCOc1ccc(-c2nc3ccc(C)cc3[nH]2)nc1. The number of imidazole rings is 1. The first-order valence-corrected chi connectivity index (χ1v) is 6.32. The number of aryl methyl sites for hydroxylation is 1. The summed E-state index contributed by atoms with van der Waals surface area (Å²) in [5, 5.41) is 0. The standard InChI is InChI=1S/C15H15N3O/c1-3-19-11-5-7-13(16-9-11)15-17-12-6-4-10(2)8-14(12)18-15/h4-9H,3H2,1-2H3,(H,17,18). The summed E-state index contributed by atoms with van der Waals surface area (Å²) in [5.74, 6) is 1.56. The van der Waals surface area contributed by atoms with Crippen molar-refractivity contribution in [3.8, 4) is 17.3 Å². The molecule has 1 aromatic carbocycles. The molecule has 0 saturated heterocycles. The van der Waals surface area contributed by atoms with Gasteiger partial charge in [0, 0.05) is 0 Å². The second-order valence-corrected chi connectivity index (χ2v) is 4.42. The smallest absolute Gasteiger partial charge is 0.157 e. The lowest BCUT2D eigenvalue weighted by Crippen LogP contribution is -1.92. The van der Waals surface area contributed by atoms with Crippen molar-refractivity contribution in [1.29, 1.82) is 0 Å². The Bertz CT molecular complexity index is 701. The van der Waals surface area contributed by atoms with E-state index in [1.165, 1.54) is 5.56 Å². The predicted molar refractivity (Wildman–Crippen MR) is 75.2 cm³/mol. The lowest BCUT2D eigenvalue weighted by molar-refractivity contribution is 0.339. The summed E-state index contributed by atoms with van der Waals surface area (Å²) in [5.41, 5.74) is 4.02. The Hall–Kier alpha value is -2.36.